The summed E-state index contributed by atoms with van der Waals surface area (Å²) in [6, 6.07) is 34.4. The third kappa shape index (κ3) is 159. The molecule has 1 fully saturated rings. The van der Waals surface area contributed by atoms with Gasteiger partial charge in [-0.05, 0) is 42.2 Å². The maximum absolute atomic E-state index is 9.63. The number of methoxy groups -OCH3 is 1. The van der Waals surface area contributed by atoms with Crippen molar-refractivity contribution in [3.8, 4) is 0 Å². The van der Waals surface area contributed by atoms with Gasteiger partial charge in [0.15, 0.2) is 0 Å². The molecule has 1 aliphatic rings. The number of carbonyl (C=O) groups is 1. The molecule has 3 aromatic carbocycles. The van der Waals surface area contributed by atoms with Gasteiger partial charge in [0.2, 0.25) is 0 Å². The molecule has 4 aromatic rings. The number of ether oxygens (including phenoxy) is 1. The van der Waals surface area contributed by atoms with Crippen molar-refractivity contribution in [2.75, 3.05) is 26.7 Å². The van der Waals surface area contributed by atoms with E-state index in [1.807, 2.05) is 165 Å². The van der Waals surface area contributed by atoms with Gasteiger partial charge in [0.25, 0.3) is 0 Å². The highest BCUT2D eigenvalue weighted by molar-refractivity contribution is 7.89. The number of fused-ring (bicyclic) bond motifs is 1. The molecule has 1 saturated carbocycles. The molecule has 0 atom stereocenters. The van der Waals surface area contributed by atoms with Crippen molar-refractivity contribution < 1.29 is 17.9 Å². The Morgan fingerprint density at radius 1 is 0.443 bits per heavy atom. The van der Waals surface area contributed by atoms with Crippen molar-refractivity contribution in [3.63, 3.8) is 0 Å². The van der Waals surface area contributed by atoms with Gasteiger partial charge in [-0.2, -0.15) is 0 Å². The Labute approximate surface area is 386 Å². The molecule has 0 spiro atoms. The van der Waals surface area contributed by atoms with Crippen LogP contribution in [0.25, 0.3) is 10.8 Å². The number of pyridine rings is 1. The van der Waals surface area contributed by atoms with Crippen LogP contribution in [0.2, 0.25) is 0 Å². The fraction of sp³-hybridized carbons (Fsp3) is 0.600. The first kappa shape index (κ1) is 85.0. The van der Waals surface area contributed by atoms with E-state index in [-0.39, 0.29) is 5.78 Å². The maximum atomic E-state index is 9.63. The number of nitrogens with zero attached hydrogens (tertiary/aromatic N) is 1. The molecule has 1 aliphatic carbocycles. The first-order valence-corrected chi connectivity index (χ1v) is 25.7. The van der Waals surface area contributed by atoms with Gasteiger partial charge >= 0.3 is 0 Å². The molecule has 0 unspecified atom stereocenters. The van der Waals surface area contributed by atoms with Gasteiger partial charge in [0, 0.05) is 39.1 Å². The molecule has 5 nitrogen and oxygen atoms in total. The van der Waals surface area contributed by atoms with E-state index in [1.165, 1.54) is 63.1 Å². The first-order valence-electron chi connectivity index (χ1n) is 23.4. The second kappa shape index (κ2) is 88.0. The zero-order valence-corrected chi connectivity index (χ0v) is 46.5. The molecule has 0 bridgehead atoms. The SMILES string of the molecule is C1CCCCC1.CC.CC.CC.CC.CC.CC.CC.CC.CC(C)(C)C.CC(C)=O.COC.CS(C)(=O)=O.c1ccc2ccccc2c1.c1ccccc1.c1ccncc1. The summed E-state index contributed by atoms with van der Waals surface area (Å²) in [7, 11) is 0.583. The Morgan fingerprint density at radius 2 is 0.574 bits per heavy atom. The van der Waals surface area contributed by atoms with Crippen LogP contribution >= 0.6 is 0 Å². The lowest BCUT2D eigenvalue weighted by Crippen LogP contribution is -1.93. The van der Waals surface area contributed by atoms with Gasteiger partial charge in [-0.25, -0.2) is 8.42 Å². The van der Waals surface area contributed by atoms with E-state index < -0.39 is 9.84 Å². The van der Waals surface area contributed by atoms with Crippen molar-refractivity contribution in [1.29, 1.82) is 0 Å². The Hall–Kier alpha value is -3.35. The van der Waals surface area contributed by atoms with Crippen LogP contribution in [0.5, 0.6) is 0 Å². The van der Waals surface area contributed by atoms with E-state index in [4.69, 9.17) is 0 Å². The largest absolute Gasteiger partial charge is 0.388 e. The fourth-order valence-corrected chi connectivity index (χ4v) is 2.89. The lowest BCUT2D eigenvalue weighted by molar-refractivity contribution is -0.115. The monoisotopic (exact) mass is 880 g/mol. The van der Waals surface area contributed by atoms with E-state index in [2.05, 4.69) is 85.9 Å². The number of sulfone groups is 1. The lowest BCUT2D eigenvalue weighted by Gasteiger charge is -2.05. The smallest absolute Gasteiger partial charge is 0.144 e. The summed E-state index contributed by atoms with van der Waals surface area (Å²) in [4.78, 5) is 13.2. The second-order valence-electron chi connectivity index (χ2n) is 12.1. The van der Waals surface area contributed by atoms with Crippen molar-refractivity contribution in [2.45, 2.75) is 191 Å². The predicted molar refractivity (Wildman–Crippen MR) is 288 cm³/mol. The minimum Gasteiger partial charge on any atom is -0.388 e. The van der Waals surface area contributed by atoms with Gasteiger partial charge < -0.3 is 9.53 Å². The zero-order valence-electron chi connectivity index (χ0n) is 45.7. The van der Waals surface area contributed by atoms with Gasteiger partial charge in [-0.15, -0.1) is 0 Å². The number of hydrogen-bond acceptors (Lipinski definition) is 5. The van der Waals surface area contributed by atoms with Crippen LogP contribution in [0.4, 0.5) is 0 Å². The van der Waals surface area contributed by atoms with E-state index in [0.717, 1.165) is 12.5 Å². The van der Waals surface area contributed by atoms with Gasteiger partial charge in [-0.1, -0.05) is 268 Å². The molecule has 0 saturated heterocycles. The normalized spacial score (nSPS) is 9.02. The number of ketones is 1. The van der Waals surface area contributed by atoms with Gasteiger partial charge in [0.1, 0.15) is 15.6 Å². The molecule has 364 valence electrons. The minimum absolute atomic E-state index is 0.167. The highest BCUT2D eigenvalue weighted by Gasteiger charge is 1.96. The molecule has 0 amide bonds. The van der Waals surface area contributed by atoms with Crippen LogP contribution in [0.15, 0.2) is 116 Å². The quantitative estimate of drug-likeness (QED) is 0.176. The molecule has 61 heavy (non-hydrogen) atoms. The molecule has 6 heteroatoms. The number of carbonyl (C=O) groups excluding carboxylic acids is 1. The summed E-state index contributed by atoms with van der Waals surface area (Å²) in [6.07, 6.45) is 14.8. The van der Waals surface area contributed by atoms with E-state index in [1.54, 1.807) is 26.6 Å². The van der Waals surface area contributed by atoms with E-state index in [0.29, 0.717) is 5.41 Å². The third-order valence-corrected chi connectivity index (χ3v) is 4.39. The molecule has 1 heterocycles. The van der Waals surface area contributed by atoms with Crippen LogP contribution in [0, 0.1) is 5.41 Å². The maximum Gasteiger partial charge on any atom is 0.144 e. The summed E-state index contributed by atoms with van der Waals surface area (Å²) in [6.45, 7) is 43.8. The summed E-state index contributed by atoms with van der Waals surface area (Å²) in [5.74, 6) is 0.167. The van der Waals surface area contributed by atoms with Crippen LogP contribution in [-0.4, -0.2) is 45.9 Å². The number of hydrogen-bond donors (Lipinski definition) is 0. The predicted octanol–water partition coefficient (Wildman–Crippen LogP) is 18.7. The Balaban J connectivity index is -0.0000000505. The van der Waals surface area contributed by atoms with Crippen LogP contribution in [0.3, 0.4) is 0 Å². The van der Waals surface area contributed by atoms with Crippen LogP contribution in [0.1, 0.15) is 191 Å². The topological polar surface area (TPSA) is 73.3 Å². The van der Waals surface area contributed by atoms with Crippen LogP contribution in [-0.2, 0) is 19.4 Å². The molecule has 0 aliphatic heterocycles. The Morgan fingerprint density at radius 3 is 0.672 bits per heavy atom. The second-order valence-corrected chi connectivity index (χ2v) is 14.4. The van der Waals surface area contributed by atoms with Crippen molar-refractivity contribution in [1.82, 2.24) is 4.98 Å². The van der Waals surface area contributed by atoms with Crippen LogP contribution < -0.4 is 0 Å². The molecule has 0 N–H and O–H groups in total. The number of benzene rings is 3. The average Bonchev–Trinajstić information content (AvgIpc) is 3.31. The van der Waals surface area contributed by atoms with Crippen molar-refractivity contribution in [3.05, 3.63) is 116 Å². The summed E-state index contributed by atoms with van der Waals surface area (Å²) in [5, 5.41) is 2.62. The standard InChI is InChI=1S/C10H8.C6H12.C6H6.C5H5N.C5H12.C3H6O.C2H6O2S.C2H6O.8C2H6/c1-2-6-10-8-4-3-7-9(10)5-1;3*1-2-4-6-5-3-1;1-5(2,3)4;1-3(2)4;1-5(2,3)4;1-3-2;8*1-2/h1-8H;1-6H2;1-6H;1-5H;1-4H3;1-2H3;1-2H3;1-2H3;8*1-2H3. The number of rotatable bonds is 0. The lowest BCUT2D eigenvalue weighted by atomic mass is 10.0. The summed E-state index contributed by atoms with van der Waals surface area (Å²) in [5.41, 5.74) is 0.500. The first-order chi connectivity index (χ1) is 29.1. The molecule has 0 radical (unpaired) electrons. The Bertz CT molecular complexity index is 1080. The minimum atomic E-state index is -2.67. The highest BCUT2D eigenvalue weighted by atomic mass is 32.2. The van der Waals surface area contributed by atoms with E-state index >= 15 is 0 Å². The number of aromatic nitrogens is 1. The summed E-state index contributed by atoms with van der Waals surface area (Å²) < 4.78 is 23.5. The fourth-order valence-electron chi connectivity index (χ4n) is 2.89. The molecule has 1 aromatic heterocycles. The molecule has 5 rings (SSSR count). The molecular formula is C55H109NO4S. The van der Waals surface area contributed by atoms with Crippen molar-refractivity contribution in [2.24, 2.45) is 5.41 Å². The average molecular weight is 881 g/mol. The van der Waals surface area contributed by atoms with E-state index in [9.17, 15) is 13.2 Å². The van der Waals surface area contributed by atoms with Gasteiger partial charge in [0.05, 0.1) is 0 Å². The third-order valence-electron chi connectivity index (χ3n) is 4.39. The zero-order chi connectivity index (χ0) is 50.8. The molecular weight excluding hydrogens is 771 g/mol. The van der Waals surface area contributed by atoms with Gasteiger partial charge in [-0.3, -0.25) is 4.98 Å². The highest BCUT2D eigenvalue weighted by Crippen LogP contribution is 2.15. The van der Waals surface area contributed by atoms with Crippen molar-refractivity contribution >= 4 is 26.4 Å². The Kier molecular flexibility index (Phi) is 123. The summed E-state index contributed by atoms with van der Waals surface area (Å²) >= 11 is 0. The number of Topliss-reactive ketones (excluding diaryl/α,β-unsaturated/α-hetero) is 1.